The summed E-state index contributed by atoms with van der Waals surface area (Å²) in [5.74, 6) is -0.228. The molecule has 22 heavy (non-hydrogen) atoms. The largest absolute Gasteiger partial charge is 0.230 e. The van der Waals surface area contributed by atoms with E-state index in [-0.39, 0.29) is 11.9 Å². The summed E-state index contributed by atoms with van der Waals surface area (Å²) in [6.07, 6.45) is 2.59. The number of rotatable bonds is 3. The third kappa shape index (κ3) is 2.44. The number of hydrazone groups is 1. The molecule has 1 unspecified atom stereocenters. The highest BCUT2D eigenvalue weighted by molar-refractivity contribution is 7.13. The predicted molar refractivity (Wildman–Crippen MR) is 89.2 cm³/mol. The zero-order valence-electron chi connectivity index (χ0n) is 11.5. The average molecular weight is 329 g/mol. The summed E-state index contributed by atoms with van der Waals surface area (Å²) in [5.41, 5.74) is 1.93. The number of halogens is 1. The van der Waals surface area contributed by atoms with Crippen molar-refractivity contribution < 1.29 is 4.39 Å². The van der Waals surface area contributed by atoms with Crippen LogP contribution in [-0.2, 0) is 0 Å². The standard InChI is InChI=1S/C16H12FN3S2/c17-12-5-3-11(4-6-12)13-10-14(15-2-1-8-21-15)20(19-13)16-18-7-9-22-16/h1-9,14H,10H2. The van der Waals surface area contributed by atoms with Crippen molar-refractivity contribution in [2.24, 2.45) is 5.10 Å². The number of hydrogen-bond acceptors (Lipinski definition) is 5. The number of hydrogen-bond donors (Lipinski definition) is 0. The summed E-state index contributed by atoms with van der Waals surface area (Å²) in [4.78, 5) is 5.64. The van der Waals surface area contributed by atoms with Crippen molar-refractivity contribution in [3.63, 3.8) is 0 Å². The van der Waals surface area contributed by atoms with Crippen LogP contribution < -0.4 is 5.01 Å². The Morgan fingerprint density at radius 1 is 1.09 bits per heavy atom. The minimum absolute atomic E-state index is 0.159. The van der Waals surface area contributed by atoms with Crippen LogP contribution in [-0.4, -0.2) is 10.7 Å². The quantitative estimate of drug-likeness (QED) is 0.697. The number of thiazole rings is 1. The van der Waals surface area contributed by atoms with Crippen molar-refractivity contribution in [2.75, 3.05) is 5.01 Å². The Balaban J connectivity index is 1.72. The molecule has 1 aromatic carbocycles. The van der Waals surface area contributed by atoms with Gasteiger partial charge in [-0.1, -0.05) is 18.2 Å². The second-order valence-corrected chi connectivity index (χ2v) is 6.80. The van der Waals surface area contributed by atoms with E-state index in [1.165, 1.54) is 17.0 Å². The SMILES string of the molecule is Fc1ccc(C2=NN(c3nccs3)C(c3cccs3)C2)cc1. The summed E-state index contributed by atoms with van der Waals surface area (Å²) in [6, 6.07) is 10.9. The van der Waals surface area contributed by atoms with Gasteiger partial charge in [0.1, 0.15) is 5.82 Å². The van der Waals surface area contributed by atoms with E-state index in [1.54, 1.807) is 41.0 Å². The van der Waals surface area contributed by atoms with Crippen LogP contribution >= 0.6 is 22.7 Å². The average Bonchev–Trinajstić information content (AvgIpc) is 3.27. The number of aromatic nitrogens is 1. The molecule has 1 aliphatic heterocycles. The fourth-order valence-corrected chi connectivity index (χ4v) is 3.99. The molecule has 3 heterocycles. The molecule has 3 aromatic rings. The lowest BCUT2D eigenvalue weighted by Crippen LogP contribution is -2.17. The lowest BCUT2D eigenvalue weighted by molar-refractivity contribution is 0.627. The molecular formula is C16H12FN3S2. The zero-order chi connectivity index (χ0) is 14.9. The van der Waals surface area contributed by atoms with Crippen LogP contribution in [0.2, 0.25) is 0 Å². The minimum atomic E-state index is -0.228. The smallest absolute Gasteiger partial charge is 0.206 e. The molecule has 0 spiro atoms. The van der Waals surface area contributed by atoms with Gasteiger partial charge < -0.3 is 0 Å². The van der Waals surface area contributed by atoms with E-state index in [9.17, 15) is 4.39 Å². The highest BCUT2D eigenvalue weighted by atomic mass is 32.1. The van der Waals surface area contributed by atoms with E-state index in [0.717, 1.165) is 22.8 Å². The van der Waals surface area contributed by atoms with Gasteiger partial charge in [0, 0.05) is 22.9 Å². The van der Waals surface area contributed by atoms with Gasteiger partial charge in [-0.05, 0) is 29.1 Å². The molecule has 0 saturated carbocycles. The fraction of sp³-hybridized carbons (Fsp3) is 0.125. The van der Waals surface area contributed by atoms with Crippen molar-refractivity contribution in [3.8, 4) is 0 Å². The third-order valence-electron chi connectivity index (χ3n) is 3.57. The van der Waals surface area contributed by atoms with Crippen molar-refractivity contribution in [3.05, 3.63) is 69.6 Å². The highest BCUT2D eigenvalue weighted by Gasteiger charge is 2.31. The normalized spacial score (nSPS) is 17.8. The summed E-state index contributed by atoms with van der Waals surface area (Å²) in [5, 5.41) is 11.6. The van der Waals surface area contributed by atoms with Crippen LogP contribution in [0.3, 0.4) is 0 Å². The van der Waals surface area contributed by atoms with Gasteiger partial charge in [0.25, 0.3) is 0 Å². The molecule has 3 nitrogen and oxygen atoms in total. The number of nitrogens with zero attached hydrogens (tertiary/aromatic N) is 3. The van der Waals surface area contributed by atoms with E-state index < -0.39 is 0 Å². The fourth-order valence-electron chi connectivity index (χ4n) is 2.54. The van der Waals surface area contributed by atoms with Gasteiger partial charge in [-0.2, -0.15) is 5.10 Å². The zero-order valence-corrected chi connectivity index (χ0v) is 13.1. The third-order valence-corrected chi connectivity index (χ3v) is 5.31. The molecule has 110 valence electrons. The first-order chi connectivity index (χ1) is 10.8. The Kier molecular flexibility index (Phi) is 3.48. The maximum Gasteiger partial charge on any atom is 0.206 e. The summed E-state index contributed by atoms with van der Waals surface area (Å²) >= 11 is 3.30. The Morgan fingerprint density at radius 2 is 1.95 bits per heavy atom. The van der Waals surface area contributed by atoms with Crippen molar-refractivity contribution >= 4 is 33.5 Å². The molecule has 0 radical (unpaired) electrons. The van der Waals surface area contributed by atoms with Crippen LogP contribution in [0.1, 0.15) is 22.9 Å². The maximum atomic E-state index is 13.1. The summed E-state index contributed by atoms with van der Waals surface area (Å²) in [7, 11) is 0. The minimum Gasteiger partial charge on any atom is -0.230 e. The molecule has 6 heteroatoms. The Hall–Kier alpha value is -2.05. The molecule has 0 saturated heterocycles. The topological polar surface area (TPSA) is 28.5 Å². The number of anilines is 1. The van der Waals surface area contributed by atoms with Crippen molar-refractivity contribution in [1.29, 1.82) is 0 Å². The lowest BCUT2D eigenvalue weighted by Gasteiger charge is -2.19. The van der Waals surface area contributed by atoms with Gasteiger partial charge in [0.15, 0.2) is 0 Å². The maximum absolute atomic E-state index is 13.1. The van der Waals surface area contributed by atoms with Gasteiger partial charge in [-0.25, -0.2) is 14.4 Å². The summed E-state index contributed by atoms with van der Waals surface area (Å²) in [6.45, 7) is 0. The Morgan fingerprint density at radius 3 is 2.64 bits per heavy atom. The second kappa shape index (κ2) is 5.62. The van der Waals surface area contributed by atoms with Crippen LogP contribution in [0.25, 0.3) is 0 Å². The lowest BCUT2D eigenvalue weighted by atomic mass is 10.0. The van der Waals surface area contributed by atoms with Crippen molar-refractivity contribution in [1.82, 2.24) is 4.98 Å². The first-order valence-electron chi connectivity index (χ1n) is 6.87. The van der Waals surface area contributed by atoms with E-state index in [4.69, 9.17) is 5.10 Å². The van der Waals surface area contributed by atoms with E-state index in [0.29, 0.717) is 0 Å². The highest BCUT2D eigenvalue weighted by Crippen LogP contribution is 2.39. The first-order valence-corrected chi connectivity index (χ1v) is 8.63. The van der Waals surface area contributed by atoms with Crippen LogP contribution in [0.4, 0.5) is 9.52 Å². The molecule has 0 fully saturated rings. The van der Waals surface area contributed by atoms with Gasteiger partial charge >= 0.3 is 0 Å². The van der Waals surface area contributed by atoms with Crippen molar-refractivity contribution in [2.45, 2.75) is 12.5 Å². The van der Waals surface area contributed by atoms with Gasteiger partial charge in [-0.3, -0.25) is 0 Å². The molecule has 1 atom stereocenters. The molecular weight excluding hydrogens is 317 g/mol. The molecule has 0 aliphatic carbocycles. The Bertz CT molecular complexity index is 779. The van der Waals surface area contributed by atoms with Gasteiger partial charge in [-0.15, -0.1) is 22.7 Å². The van der Waals surface area contributed by atoms with Crippen LogP contribution in [0, 0.1) is 5.82 Å². The first kappa shape index (κ1) is 13.6. The predicted octanol–water partition coefficient (Wildman–Crippen LogP) is 4.70. The van der Waals surface area contributed by atoms with Crippen LogP contribution in [0.15, 0.2) is 58.5 Å². The molecule has 2 aromatic heterocycles. The van der Waals surface area contributed by atoms with E-state index >= 15 is 0 Å². The molecule has 0 N–H and O–H groups in total. The molecule has 4 rings (SSSR count). The van der Waals surface area contributed by atoms with Gasteiger partial charge in [0.2, 0.25) is 5.13 Å². The number of thiophene rings is 1. The van der Waals surface area contributed by atoms with E-state index in [2.05, 4.69) is 22.5 Å². The van der Waals surface area contributed by atoms with Gasteiger partial charge in [0.05, 0.1) is 11.8 Å². The van der Waals surface area contributed by atoms with E-state index in [1.807, 2.05) is 10.4 Å². The molecule has 1 aliphatic rings. The Labute approximate surface area is 135 Å². The summed E-state index contributed by atoms with van der Waals surface area (Å²) < 4.78 is 13.1. The van der Waals surface area contributed by atoms with Crippen LogP contribution in [0.5, 0.6) is 0 Å². The molecule has 0 amide bonds. The second-order valence-electron chi connectivity index (χ2n) is 4.95. The molecule has 0 bridgehead atoms. The number of benzene rings is 1. The monoisotopic (exact) mass is 329 g/mol.